The Morgan fingerprint density at radius 3 is 2.35 bits per heavy atom. The molecule has 0 aliphatic carbocycles. The van der Waals surface area contributed by atoms with Gasteiger partial charge >= 0.3 is 5.97 Å². The van der Waals surface area contributed by atoms with Crippen LogP contribution >= 0.6 is 11.3 Å². The maximum Gasteiger partial charge on any atom is 0.328 e. The van der Waals surface area contributed by atoms with Gasteiger partial charge < -0.3 is 26.0 Å². The zero-order chi connectivity index (χ0) is 23.9. The van der Waals surface area contributed by atoms with E-state index in [1.807, 2.05) is 12.1 Å². The Hall–Kier alpha value is -2.95. The number of aliphatic carboxylic acids is 1. The van der Waals surface area contributed by atoms with E-state index >= 15 is 0 Å². The molecule has 0 saturated carbocycles. The van der Waals surface area contributed by atoms with Gasteiger partial charge in [0.05, 0.1) is 4.88 Å². The number of rotatable bonds is 8. The van der Waals surface area contributed by atoms with Gasteiger partial charge in [-0.3, -0.25) is 14.5 Å². The van der Waals surface area contributed by atoms with E-state index in [0.717, 1.165) is 45.0 Å². The van der Waals surface area contributed by atoms with Crippen molar-refractivity contribution >= 4 is 34.8 Å². The lowest BCUT2D eigenvalue weighted by Gasteiger charge is -2.41. The van der Waals surface area contributed by atoms with Crippen molar-refractivity contribution in [1.29, 1.82) is 0 Å². The first kappa shape index (κ1) is 24.2. The van der Waals surface area contributed by atoms with Gasteiger partial charge in [-0.1, -0.05) is 6.07 Å². The maximum absolute atomic E-state index is 12.6. The number of amides is 2. The Balaban J connectivity index is 1.26. The standard InChI is InChI=1S/C24H31N5O4S/c30-22(26-16-20(24(32)33)27-23(31)21-2-1-15-34-21)17-3-5-18(6-4-17)28-11-13-29(14-12-28)19-7-9-25-10-8-19/h1-6,15,19-20,25H,7-14,16H2,(H,26,30)(H,27,31)(H,32,33)/t20-/m0/s1. The van der Waals surface area contributed by atoms with Gasteiger partial charge in [0, 0.05) is 50.0 Å². The van der Waals surface area contributed by atoms with Crippen molar-refractivity contribution < 1.29 is 19.5 Å². The lowest BCUT2D eigenvalue weighted by Crippen LogP contribution is -2.52. The molecule has 34 heavy (non-hydrogen) atoms. The number of anilines is 1. The van der Waals surface area contributed by atoms with E-state index in [9.17, 15) is 19.5 Å². The maximum atomic E-state index is 12.6. The van der Waals surface area contributed by atoms with Gasteiger partial charge in [0.2, 0.25) is 0 Å². The zero-order valence-corrected chi connectivity index (χ0v) is 19.9. The summed E-state index contributed by atoms with van der Waals surface area (Å²) in [6.45, 7) is 6.00. The Kier molecular flexibility index (Phi) is 8.15. The van der Waals surface area contributed by atoms with E-state index in [4.69, 9.17) is 0 Å². The molecule has 1 aromatic carbocycles. The van der Waals surface area contributed by atoms with E-state index in [1.165, 1.54) is 24.2 Å². The predicted octanol–water partition coefficient (Wildman–Crippen LogP) is 1.24. The summed E-state index contributed by atoms with van der Waals surface area (Å²) in [7, 11) is 0. The van der Waals surface area contributed by atoms with Gasteiger partial charge in [-0.25, -0.2) is 4.79 Å². The first-order chi connectivity index (χ1) is 16.5. The molecule has 10 heteroatoms. The number of carbonyl (C=O) groups is 3. The van der Waals surface area contributed by atoms with Crippen LogP contribution < -0.4 is 20.9 Å². The fourth-order valence-corrected chi connectivity index (χ4v) is 5.10. The third-order valence-electron chi connectivity index (χ3n) is 6.45. The summed E-state index contributed by atoms with van der Waals surface area (Å²) in [4.78, 5) is 41.6. The highest BCUT2D eigenvalue weighted by Crippen LogP contribution is 2.20. The molecule has 2 aliphatic heterocycles. The molecule has 2 saturated heterocycles. The molecule has 2 aromatic rings. The van der Waals surface area contributed by atoms with E-state index in [1.54, 1.807) is 29.6 Å². The van der Waals surface area contributed by atoms with Crippen LogP contribution in [0.2, 0.25) is 0 Å². The van der Waals surface area contributed by atoms with Crippen LogP contribution in [0.25, 0.3) is 0 Å². The number of hydrogen-bond donors (Lipinski definition) is 4. The number of nitrogens with one attached hydrogen (secondary N) is 3. The van der Waals surface area contributed by atoms with Crippen LogP contribution in [0, 0.1) is 0 Å². The van der Waals surface area contributed by atoms with Crippen LogP contribution in [-0.2, 0) is 4.79 Å². The number of piperidine rings is 1. The molecule has 2 aliphatic rings. The van der Waals surface area contributed by atoms with Crippen LogP contribution in [0.4, 0.5) is 5.69 Å². The lowest BCUT2D eigenvalue weighted by atomic mass is 10.0. The molecule has 2 fully saturated rings. The first-order valence-electron chi connectivity index (χ1n) is 11.7. The molecule has 0 bridgehead atoms. The van der Waals surface area contributed by atoms with E-state index < -0.39 is 17.9 Å². The zero-order valence-electron chi connectivity index (χ0n) is 19.0. The van der Waals surface area contributed by atoms with Crippen LogP contribution in [0.5, 0.6) is 0 Å². The molecule has 3 heterocycles. The molecule has 1 aromatic heterocycles. The van der Waals surface area contributed by atoms with Crippen LogP contribution in [-0.4, -0.2) is 85.7 Å². The monoisotopic (exact) mass is 485 g/mol. The molecule has 2 amide bonds. The summed E-state index contributed by atoms with van der Waals surface area (Å²) in [6.07, 6.45) is 2.43. The average molecular weight is 486 g/mol. The summed E-state index contributed by atoms with van der Waals surface area (Å²) in [5.41, 5.74) is 1.53. The number of benzene rings is 1. The van der Waals surface area contributed by atoms with Crippen molar-refractivity contribution in [3.8, 4) is 0 Å². The van der Waals surface area contributed by atoms with E-state index in [2.05, 4.69) is 25.8 Å². The summed E-state index contributed by atoms with van der Waals surface area (Å²) in [5.74, 6) is -2.05. The third kappa shape index (κ3) is 6.13. The lowest BCUT2D eigenvalue weighted by molar-refractivity contribution is -0.139. The molecule has 0 radical (unpaired) electrons. The third-order valence-corrected chi connectivity index (χ3v) is 7.32. The molecule has 182 valence electrons. The van der Waals surface area contributed by atoms with Crippen molar-refractivity contribution in [3.05, 3.63) is 52.2 Å². The SMILES string of the molecule is O=C(NC[C@H](NC(=O)c1cccs1)C(=O)O)c1ccc(N2CCN(C3CCNCC3)CC2)cc1. The molecule has 0 spiro atoms. The summed E-state index contributed by atoms with van der Waals surface area (Å²) in [5, 5.41) is 19.6. The molecular formula is C24H31N5O4S. The second-order valence-corrected chi connectivity index (χ2v) is 9.55. The first-order valence-corrected chi connectivity index (χ1v) is 12.5. The average Bonchev–Trinajstić information content (AvgIpc) is 3.42. The van der Waals surface area contributed by atoms with E-state index in [-0.39, 0.29) is 12.5 Å². The molecule has 4 N–H and O–H groups in total. The van der Waals surface area contributed by atoms with Gasteiger partial charge in [0.25, 0.3) is 11.8 Å². The van der Waals surface area contributed by atoms with Crippen molar-refractivity contribution in [2.75, 3.05) is 50.7 Å². The molecular weight excluding hydrogens is 454 g/mol. The summed E-state index contributed by atoms with van der Waals surface area (Å²) >= 11 is 1.22. The normalized spacial score (nSPS) is 18.3. The van der Waals surface area contributed by atoms with Crippen molar-refractivity contribution in [2.24, 2.45) is 0 Å². The number of thiophene rings is 1. The largest absolute Gasteiger partial charge is 0.480 e. The number of carboxylic acid groups (broad SMARTS) is 1. The Bertz CT molecular complexity index is 968. The Morgan fingerprint density at radius 2 is 1.74 bits per heavy atom. The second-order valence-electron chi connectivity index (χ2n) is 8.60. The number of piperazine rings is 1. The van der Waals surface area contributed by atoms with Gasteiger partial charge in [0.1, 0.15) is 6.04 Å². The quantitative estimate of drug-likeness (QED) is 0.445. The number of nitrogens with zero attached hydrogens (tertiary/aromatic N) is 2. The van der Waals surface area contributed by atoms with Gasteiger partial charge in [-0.2, -0.15) is 0 Å². The van der Waals surface area contributed by atoms with Gasteiger partial charge in [0.15, 0.2) is 0 Å². The minimum Gasteiger partial charge on any atom is -0.480 e. The predicted molar refractivity (Wildman–Crippen MR) is 132 cm³/mol. The Labute approximate surface area is 203 Å². The number of hydrogen-bond acceptors (Lipinski definition) is 7. The van der Waals surface area contributed by atoms with Gasteiger partial charge in [-0.15, -0.1) is 11.3 Å². The molecule has 4 rings (SSSR count). The second kappa shape index (κ2) is 11.5. The fraction of sp³-hybridized carbons (Fsp3) is 0.458. The van der Waals surface area contributed by atoms with Crippen molar-refractivity contribution in [2.45, 2.75) is 24.9 Å². The van der Waals surface area contributed by atoms with Crippen molar-refractivity contribution in [3.63, 3.8) is 0 Å². The van der Waals surface area contributed by atoms with E-state index in [0.29, 0.717) is 16.5 Å². The van der Waals surface area contributed by atoms with Gasteiger partial charge in [-0.05, 0) is 61.6 Å². The van der Waals surface area contributed by atoms with Crippen molar-refractivity contribution in [1.82, 2.24) is 20.9 Å². The smallest absolute Gasteiger partial charge is 0.328 e. The highest BCUT2D eigenvalue weighted by molar-refractivity contribution is 7.12. The van der Waals surface area contributed by atoms with Crippen LogP contribution in [0.15, 0.2) is 41.8 Å². The molecule has 9 nitrogen and oxygen atoms in total. The minimum atomic E-state index is -1.21. The fourth-order valence-electron chi connectivity index (χ4n) is 4.47. The topological polar surface area (TPSA) is 114 Å². The molecule has 1 atom stereocenters. The highest BCUT2D eigenvalue weighted by atomic mass is 32.1. The molecule has 0 unspecified atom stereocenters. The number of carboxylic acids is 1. The number of carbonyl (C=O) groups excluding carboxylic acids is 2. The summed E-state index contributed by atoms with van der Waals surface area (Å²) in [6, 6.07) is 10.2. The highest BCUT2D eigenvalue weighted by Gasteiger charge is 2.25. The van der Waals surface area contributed by atoms with Crippen LogP contribution in [0.3, 0.4) is 0 Å². The summed E-state index contributed by atoms with van der Waals surface area (Å²) < 4.78 is 0. The Morgan fingerprint density at radius 1 is 1.03 bits per heavy atom. The van der Waals surface area contributed by atoms with Crippen LogP contribution in [0.1, 0.15) is 32.9 Å². The minimum absolute atomic E-state index is 0.203.